The van der Waals surface area contributed by atoms with Gasteiger partial charge in [-0.3, -0.25) is 9.48 Å². The van der Waals surface area contributed by atoms with Crippen LogP contribution in [0.1, 0.15) is 38.8 Å². The van der Waals surface area contributed by atoms with Gasteiger partial charge in [0.15, 0.2) is 0 Å². The average Bonchev–Trinajstić information content (AvgIpc) is 3.01. The third-order valence-corrected chi connectivity index (χ3v) is 4.94. The third kappa shape index (κ3) is 3.60. The fourth-order valence-corrected chi connectivity index (χ4v) is 3.52. The van der Waals surface area contributed by atoms with E-state index in [1.54, 1.807) is 6.07 Å². The second kappa shape index (κ2) is 7.42. The van der Waals surface area contributed by atoms with Gasteiger partial charge in [0.05, 0.1) is 0 Å². The Balaban J connectivity index is 1.53. The topological polar surface area (TPSA) is 73.1 Å². The van der Waals surface area contributed by atoms with E-state index >= 15 is 0 Å². The summed E-state index contributed by atoms with van der Waals surface area (Å²) in [5.41, 5.74) is 5.27. The number of nitrogens with zero attached hydrogens (tertiary/aromatic N) is 5. The second-order valence-electron chi connectivity index (χ2n) is 7.04. The molecule has 0 unspecified atom stereocenters. The molecule has 0 aliphatic carbocycles. The van der Waals surface area contributed by atoms with Crippen molar-refractivity contribution in [3.05, 3.63) is 70.4 Å². The predicted molar refractivity (Wildman–Crippen MR) is 104 cm³/mol. The molecule has 0 aromatic carbocycles. The summed E-state index contributed by atoms with van der Waals surface area (Å²) in [6.07, 6.45) is 0.763. The average molecular weight is 377 g/mol. The van der Waals surface area contributed by atoms with Gasteiger partial charge < -0.3 is 9.64 Å². The van der Waals surface area contributed by atoms with Crippen LogP contribution in [0.4, 0.5) is 0 Å². The molecule has 28 heavy (non-hydrogen) atoms. The van der Waals surface area contributed by atoms with E-state index in [9.17, 15) is 4.79 Å². The monoisotopic (exact) mass is 377 g/mol. The molecule has 3 aromatic heterocycles. The summed E-state index contributed by atoms with van der Waals surface area (Å²) in [5.74, 6) is 0.525. The molecule has 7 heteroatoms. The first-order valence-corrected chi connectivity index (χ1v) is 9.34. The van der Waals surface area contributed by atoms with Crippen molar-refractivity contribution in [1.82, 2.24) is 24.6 Å². The second-order valence-corrected chi connectivity index (χ2v) is 7.04. The Morgan fingerprint density at radius 2 is 1.86 bits per heavy atom. The molecule has 0 bridgehead atoms. The number of aromatic nitrogens is 4. The summed E-state index contributed by atoms with van der Waals surface area (Å²) in [4.78, 5) is 23.5. The van der Waals surface area contributed by atoms with Crippen molar-refractivity contribution in [1.29, 1.82) is 0 Å². The highest BCUT2D eigenvalue weighted by Gasteiger charge is 2.28. The van der Waals surface area contributed by atoms with Crippen LogP contribution in [0.15, 0.2) is 36.4 Å². The van der Waals surface area contributed by atoms with Crippen LogP contribution < -0.4 is 4.74 Å². The molecule has 144 valence electrons. The summed E-state index contributed by atoms with van der Waals surface area (Å²) in [6, 6.07) is 11.2. The third-order valence-electron chi connectivity index (χ3n) is 4.94. The van der Waals surface area contributed by atoms with Crippen molar-refractivity contribution in [2.75, 3.05) is 6.54 Å². The molecule has 0 fully saturated rings. The lowest BCUT2D eigenvalue weighted by molar-refractivity contribution is 0.0726. The molecular weight excluding hydrogens is 354 g/mol. The first-order valence-electron chi connectivity index (χ1n) is 9.34. The standard InChI is InChI=1S/C21H23N5O2/c1-14-6-4-8-17(22-14)21(27)26-11-10-19-16(12-26)18(24-25(19)3)13-28-20-9-5-7-15(2)23-20/h4-9H,10-13H2,1-3H3. The van der Waals surface area contributed by atoms with Crippen molar-refractivity contribution >= 4 is 5.91 Å². The molecule has 4 heterocycles. The Morgan fingerprint density at radius 1 is 1.11 bits per heavy atom. The van der Waals surface area contributed by atoms with Crippen LogP contribution in [0.3, 0.4) is 0 Å². The molecule has 3 aromatic rings. The molecule has 0 atom stereocenters. The highest BCUT2D eigenvalue weighted by Crippen LogP contribution is 2.24. The molecule has 0 N–H and O–H groups in total. The predicted octanol–water partition coefficient (Wildman–Crippen LogP) is 2.60. The van der Waals surface area contributed by atoms with Crippen molar-refractivity contribution in [3.8, 4) is 5.88 Å². The van der Waals surface area contributed by atoms with E-state index in [0.29, 0.717) is 31.3 Å². The summed E-state index contributed by atoms with van der Waals surface area (Å²) in [6.45, 7) is 5.31. The highest BCUT2D eigenvalue weighted by molar-refractivity contribution is 5.92. The minimum Gasteiger partial charge on any atom is -0.471 e. The zero-order valence-electron chi connectivity index (χ0n) is 16.3. The van der Waals surface area contributed by atoms with E-state index in [-0.39, 0.29) is 5.91 Å². The lowest BCUT2D eigenvalue weighted by atomic mass is 10.0. The normalized spacial score (nSPS) is 13.3. The van der Waals surface area contributed by atoms with Gasteiger partial charge in [-0.1, -0.05) is 12.1 Å². The summed E-state index contributed by atoms with van der Waals surface area (Å²) >= 11 is 0. The lowest BCUT2D eigenvalue weighted by Gasteiger charge is -2.27. The fourth-order valence-electron chi connectivity index (χ4n) is 3.52. The SMILES string of the molecule is Cc1cccc(OCc2nn(C)c3c2CN(C(=O)c2cccc(C)n2)CC3)n1. The number of aryl methyl sites for hydroxylation is 3. The number of hydrogen-bond acceptors (Lipinski definition) is 5. The number of hydrogen-bond donors (Lipinski definition) is 0. The van der Waals surface area contributed by atoms with Gasteiger partial charge in [0, 0.05) is 55.3 Å². The van der Waals surface area contributed by atoms with Gasteiger partial charge in [-0.15, -0.1) is 0 Å². The highest BCUT2D eigenvalue weighted by atomic mass is 16.5. The molecule has 0 saturated carbocycles. The Hall–Kier alpha value is -3.22. The van der Waals surface area contributed by atoms with Crippen LogP contribution in [0, 0.1) is 13.8 Å². The molecular formula is C21H23N5O2. The van der Waals surface area contributed by atoms with Gasteiger partial charge in [-0.25, -0.2) is 9.97 Å². The van der Waals surface area contributed by atoms with E-state index in [1.165, 1.54) is 0 Å². The smallest absolute Gasteiger partial charge is 0.272 e. The van der Waals surface area contributed by atoms with E-state index in [4.69, 9.17) is 4.74 Å². The number of ether oxygens (including phenoxy) is 1. The van der Waals surface area contributed by atoms with Gasteiger partial charge in [-0.05, 0) is 32.0 Å². The van der Waals surface area contributed by atoms with Crippen LogP contribution in [-0.4, -0.2) is 37.1 Å². The van der Waals surface area contributed by atoms with Crippen LogP contribution in [0.2, 0.25) is 0 Å². The van der Waals surface area contributed by atoms with Crippen molar-refractivity contribution in [3.63, 3.8) is 0 Å². The van der Waals surface area contributed by atoms with E-state index in [0.717, 1.165) is 34.8 Å². The largest absolute Gasteiger partial charge is 0.471 e. The van der Waals surface area contributed by atoms with Crippen molar-refractivity contribution in [2.45, 2.75) is 33.4 Å². The number of pyridine rings is 2. The lowest BCUT2D eigenvalue weighted by Crippen LogP contribution is -2.37. The maximum Gasteiger partial charge on any atom is 0.272 e. The molecule has 1 amide bonds. The molecule has 0 saturated heterocycles. The molecule has 4 rings (SSSR count). The van der Waals surface area contributed by atoms with Crippen molar-refractivity contribution < 1.29 is 9.53 Å². The zero-order valence-corrected chi connectivity index (χ0v) is 16.3. The minimum absolute atomic E-state index is 0.0505. The van der Waals surface area contributed by atoms with E-state index < -0.39 is 0 Å². The maximum atomic E-state index is 12.9. The minimum atomic E-state index is -0.0505. The van der Waals surface area contributed by atoms with E-state index in [2.05, 4.69) is 15.1 Å². The van der Waals surface area contributed by atoms with Gasteiger partial charge in [0.25, 0.3) is 5.91 Å². The molecule has 0 spiro atoms. The van der Waals surface area contributed by atoms with Crippen LogP contribution in [0.25, 0.3) is 0 Å². The number of carbonyl (C=O) groups is 1. The van der Waals surface area contributed by atoms with Gasteiger partial charge >= 0.3 is 0 Å². The van der Waals surface area contributed by atoms with Crippen molar-refractivity contribution in [2.24, 2.45) is 7.05 Å². The number of rotatable bonds is 4. The molecule has 1 aliphatic heterocycles. The van der Waals surface area contributed by atoms with Gasteiger partial charge in [-0.2, -0.15) is 5.10 Å². The number of amides is 1. The van der Waals surface area contributed by atoms with Crippen LogP contribution in [0.5, 0.6) is 5.88 Å². The summed E-state index contributed by atoms with van der Waals surface area (Å²) in [7, 11) is 1.94. The van der Waals surface area contributed by atoms with E-state index in [1.807, 2.05) is 60.8 Å². The Morgan fingerprint density at radius 3 is 2.61 bits per heavy atom. The Bertz CT molecular complexity index is 1030. The molecule has 7 nitrogen and oxygen atoms in total. The zero-order chi connectivity index (χ0) is 19.7. The molecule has 0 radical (unpaired) electrons. The first-order chi connectivity index (χ1) is 13.5. The first kappa shape index (κ1) is 18.2. The van der Waals surface area contributed by atoms with Crippen LogP contribution >= 0.6 is 0 Å². The summed E-state index contributed by atoms with van der Waals surface area (Å²) < 4.78 is 7.74. The Labute approximate surface area is 164 Å². The van der Waals surface area contributed by atoms with Gasteiger partial charge in [0.2, 0.25) is 5.88 Å². The van der Waals surface area contributed by atoms with Crippen LogP contribution in [-0.2, 0) is 26.6 Å². The molecule has 1 aliphatic rings. The number of carbonyl (C=O) groups excluding carboxylic acids is 1. The number of fused-ring (bicyclic) bond motifs is 1. The fraction of sp³-hybridized carbons (Fsp3) is 0.333. The van der Waals surface area contributed by atoms with Gasteiger partial charge in [0.1, 0.15) is 18.0 Å². The summed E-state index contributed by atoms with van der Waals surface area (Å²) in [5, 5.41) is 4.62. The quantitative estimate of drug-likeness (QED) is 0.699. The Kier molecular flexibility index (Phi) is 4.81. The maximum absolute atomic E-state index is 12.9.